The van der Waals surface area contributed by atoms with Gasteiger partial charge in [0.15, 0.2) is 17.3 Å². The number of hydrogen-bond acceptors (Lipinski definition) is 9. The van der Waals surface area contributed by atoms with E-state index in [1.807, 2.05) is 6.07 Å². The number of anilines is 2. The Balaban J connectivity index is 1.61. The second-order valence-electron chi connectivity index (χ2n) is 6.73. The molecule has 0 amide bonds. The minimum absolute atomic E-state index is 0.176. The largest absolute Gasteiger partial charge is 0.490 e. The van der Waals surface area contributed by atoms with Crippen LogP contribution >= 0.6 is 0 Å². The Labute approximate surface area is 167 Å². The fourth-order valence-corrected chi connectivity index (χ4v) is 3.50. The molecule has 29 heavy (non-hydrogen) atoms. The molecule has 0 radical (unpaired) electrons. The Morgan fingerprint density at radius 2 is 2.21 bits per heavy atom. The topological polar surface area (TPSA) is 119 Å². The third-order valence-corrected chi connectivity index (χ3v) is 4.87. The van der Waals surface area contributed by atoms with Crippen molar-refractivity contribution in [3.8, 4) is 17.2 Å². The van der Waals surface area contributed by atoms with Crippen LogP contribution < -0.4 is 26.2 Å². The number of rotatable bonds is 7. The third kappa shape index (κ3) is 3.79. The van der Waals surface area contributed by atoms with E-state index < -0.39 is 11.9 Å². The number of nitrogens with two attached hydrogens (primary N) is 1. The summed E-state index contributed by atoms with van der Waals surface area (Å²) in [5, 5.41) is 3.12. The lowest BCUT2D eigenvalue weighted by Crippen LogP contribution is -2.29. The smallest absolute Gasteiger partial charge is 0.351 e. The molecule has 3 heterocycles. The maximum atomic E-state index is 12.7. The van der Waals surface area contributed by atoms with Crippen molar-refractivity contribution in [3.05, 3.63) is 34.9 Å². The van der Waals surface area contributed by atoms with Crippen molar-refractivity contribution >= 4 is 11.5 Å². The SMILES string of the molecule is COC[C@H]1O[C@@H](n2cc3c(nc2=O)Nc2c(OCCN)cccc2O3)CC1OC. The summed E-state index contributed by atoms with van der Waals surface area (Å²) in [4.78, 5) is 16.8. The Hall–Kier alpha value is -2.66. The van der Waals surface area contributed by atoms with E-state index in [2.05, 4.69) is 10.3 Å². The molecule has 0 aliphatic carbocycles. The highest BCUT2D eigenvalue weighted by Gasteiger charge is 2.37. The molecule has 3 N–H and O–H groups in total. The van der Waals surface area contributed by atoms with Crippen LogP contribution in [0.4, 0.5) is 11.5 Å². The van der Waals surface area contributed by atoms with Crippen LogP contribution in [-0.2, 0) is 14.2 Å². The van der Waals surface area contributed by atoms with Gasteiger partial charge in [-0.15, -0.1) is 0 Å². The van der Waals surface area contributed by atoms with Crippen LogP contribution in [0.1, 0.15) is 12.6 Å². The number of methoxy groups -OCH3 is 2. The van der Waals surface area contributed by atoms with Gasteiger partial charge in [0.05, 0.1) is 18.9 Å². The van der Waals surface area contributed by atoms with E-state index in [1.165, 1.54) is 4.57 Å². The maximum absolute atomic E-state index is 12.7. The fourth-order valence-electron chi connectivity index (χ4n) is 3.50. The van der Waals surface area contributed by atoms with Crippen LogP contribution in [0.5, 0.6) is 17.2 Å². The Morgan fingerprint density at radius 1 is 1.34 bits per heavy atom. The lowest BCUT2D eigenvalue weighted by Gasteiger charge is -2.24. The molecule has 0 bridgehead atoms. The van der Waals surface area contributed by atoms with Gasteiger partial charge in [-0.05, 0) is 12.1 Å². The lowest BCUT2D eigenvalue weighted by atomic mass is 10.2. The number of para-hydroxylation sites is 1. The molecule has 10 heteroatoms. The fraction of sp³-hybridized carbons (Fsp3) is 0.474. The highest BCUT2D eigenvalue weighted by molar-refractivity contribution is 5.77. The van der Waals surface area contributed by atoms with Crippen LogP contribution in [0.15, 0.2) is 29.2 Å². The van der Waals surface area contributed by atoms with E-state index in [9.17, 15) is 4.79 Å². The summed E-state index contributed by atoms with van der Waals surface area (Å²) >= 11 is 0. The van der Waals surface area contributed by atoms with Crippen LogP contribution in [0.2, 0.25) is 0 Å². The van der Waals surface area contributed by atoms with Crippen molar-refractivity contribution in [2.45, 2.75) is 24.9 Å². The highest BCUT2D eigenvalue weighted by atomic mass is 16.6. The molecule has 1 aromatic carbocycles. The van der Waals surface area contributed by atoms with Gasteiger partial charge in [-0.3, -0.25) is 4.57 Å². The molecular formula is C19H24N4O6. The summed E-state index contributed by atoms with van der Waals surface area (Å²) in [5.74, 6) is 1.88. The molecule has 0 saturated carbocycles. The van der Waals surface area contributed by atoms with E-state index in [4.69, 9.17) is 29.4 Å². The average molecular weight is 404 g/mol. The summed E-state index contributed by atoms with van der Waals surface area (Å²) < 4.78 is 29.6. The molecule has 4 rings (SSSR count). The molecule has 0 spiro atoms. The Kier molecular flexibility index (Phi) is 5.67. The first-order valence-electron chi connectivity index (χ1n) is 9.35. The molecule has 2 aliphatic heterocycles. The number of nitrogens with one attached hydrogen (secondary N) is 1. The van der Waals surface area contributed by atoms with Crippen molar-refractivity contribution < 1.29 is 23.7 Å². The number of benzene rings is 1. The monoisotopic (exact) mass is 404 g/mol. The van der Waals surface area contributed by atoms with Crippen molar-refractivity contribution in [2.24, 2.45) is 5.73 Å². The van der Waals surface area contributed by atoms with Crippen LogP contribution in [0, 0.1) is 0 Å². The molecule has 1 unspecified atom stereocenters. The first kappa shape index (κ1) is 19.6. The molecule has 1 aromatic heterocycles. The van der Waals surface area contributed by atoms with Crippen LogP contribution in [0.25, 0.3) is 0 Å². The van der Waals surface area contributed by atoms with Gasteiger partial charge in [0.2, 0.25) is 0 Å². The zero-order valence-corrected chi connectivity index (χ0v) is 16.3. The van der Waals surface area contributed by atoms with Gasteiger partial charge in [-0.25, -0.2) is 4.79 Å². The van der Waals surface area contributed by atoms with E-state index in [1.54, 1.807) is 32.5 Å². The molecule has 156 valence electrons. The molecule has 2 aliphatic rings. The van der Waals surface area contributed by atoms with E-state index in [0.29, 0.717) is 54.9 Å². The first-order valence-corrected chi connectivity index (χ1v) is 9.35. The maximum Gasteiger partial charge on any atom is 0.351 e. The van der Waals surface area contributed by atoms with E-state index in [-0.39, 0.29) is 12.2 Å². The summed E-state index contributed by atoms with van der Waals surface area (Å²) in [7, 11) is 3.21. The predicted octanol–water partition coefficient (Wildman–Crippen LogP) is 1.38. The minimum atomic E-state index is -0.519. The van der Waals surface area contributed by atoms with E-state index >= 15 is 0 Å². The van der Waals surface area contributed by atoms with Gasteiger partial charge >= 0.3 is 5.69 Å². The van der Waals surface area contributed by atoms with Gasteiger partial charge in [-0.2, -0.15) is 4.98 Å². The van der Waals surface area contributed by atoms with Gasteiger partial charge in [0, 0.05) is 27.2 Å². The quantitative estimate of drug-likeness (QED) is 0.602. The Bertz CT molecular complexity index is 933. The van der Waals surface area contributed by atoms with Gasteiger partial charge in [0.1, 0.15) is 30.4 Å². The second kappa shape index (κ2) is 8.37. The highest BCUT2D eigenvalue weighted by Crippen LogP contribution is 2.45. The summed E-state index contributed by atoms with van der Waals surface area (Å²) in [6.45, 7) is 1.12. The molecular weight excluding hydrogens is 380 g/mol. The van der Waals surface area contributed by atoms with Crippen molar-refractivity contribution in [3.63, 3.8) is 0 Å². The zero-order chi connectivity index (χ0) is 20.4. The first-order chi connectivity index (χ1) is 14.1. The third-order valence-electron chi connectivity index (χ3n) is 4.87. The number of aromatic nitrogens is 2. The number of nitrogens with zero attached hydrogens (tertiary/aromatic N) is 2. The molecule has 3 atom stereocenters. The molecule has 2 aromatic rings. The molecule has 1 saturated heterocycles. The summed E-state index contributed by atoms with van der Waals surface area (Å²) in [6.07, 6.45) is 1.14. The minimum Gasteiger partial charge on any atom is -0.490 e. The molecule has 10 nitrogen and oxygen atoms in total. The van der Waals surface area contributed by atoms with Crippen LogP contribution in [0.3, 0.4) is 0 Å². The van der Waals surface area contributed by atoms with E-state index in [0.717, 1.165) is 0 Å². The van der Waals surface area contributed by atoms with Crippen molar-refractivity contribution in [1.29, 1.82) is 0 Å². The lowest BCUT2D eigenvalue weighted by molar-refractivity contribution is -0.0618. The number of hydrogen-bond donors (Lipinski definition) is 2. The summed E-state index contributed by atoms with van der Waals surface area (Å²) in [5.41, 5.74) is 5.66. The Morgan fingerprint density at radius 3 is 2.97 bits per heavy atom. The second-order valence-corrected chi connectivity index (χ2v) is 6.73. The van der Waals surface area contributed by atoms with Crippen molar-refractivity contribution in [2.75, 3.05) is 39.3 Å². The number of fused-ring (bicyclic) bond motifs is 2. The van der Waals surface area contributed by atoms with Gasteiger partial charge < -0.3 is 34.7 Å². The van der Waals surface area contributed by atoms with Gasteiger partial charge in [0.25, 0.3) is 0 Å². The number of ether oxygens (including phenoxy) is 5. The standard InChI is InChI=1S/C19H24N4O6/c1-25-10-15-13(26-2)8-16(29-15)23-9-14-18(22-19(23)24)21-17-11(27-7-6-20)4-3-5-12(17)28-14/h3-5,9,13,15-16H,6-8,10,20H2,1-2H3,(H,21,22,24)/t13?,15-,16-/m1/s1. The van der Waals surface area contributed by atoms with Crippen molar-refractivity contribution in [1.82, 2.24) is 9.55 Å². The zero-order valence-electron chi connectivity index (χ0n) is 16.3. The van der Waals surface area contributed by atoms with Crippen LogP contribution in [-0.4, -0.2) is 55.7 Å². The average Bonchev–Trinajstić information content (AvgIpc) is 3.13. The molecule has 1 fully saturated rings. The predicted molar refractivity (Wildman–Crippen MR) is 104 cm³/mol. The normalized spacial score (nSPS) is 22.4. The summed E-state index contributed by atoms with van der Waals surface area (Å²) in [6, 6.07) is 5.42. The van der Waals surface area contributed by atoms with Gasteiger partial charge in [-0.1, -0.05) is 6.07 Å².